The van der Waals surface area contributed by atoms with Gasteiger partial charge in [0.2, 0.25) is 0 Å². The van der Waals surface area contributed by atoms with Gasteiger partial charge in [0.1, 0.15) is 16.7 Å². The van der Waals surface area contributed by atoms with E-state index < -0.39 is 0 Å². The fraction of sp³-hybridized carbons (Fsp3) is 0. The minimum atomic E-state index is 0.827. The van der Waals surface area contributed by atoms with Crippen molar-refractivity contribution in [1.29, 1.82) is 0 Å². The van der Waals surface area contributed by atoms with Crippen molar-refractivity contribution in [2.45, 2.75) is 0 Å². The maximum atomic E-state index is 6.49. The summed E-state index contributed by atoms with van der Waals surface area (Å²) in [7, 11) is 0. The molecule has 2 heteroatoms. The monoisotopic (exact) mass is 510 g/mol. The van der Waals surface area contributed by atoms with Gasteiger partial charge in [0.25, 0.3) is 0 Å². The predicted molar refractivity (Wildman–Crippen MR) is 167 cm³/mol. The van der Waals surface area contributed by atoms with Gasteiger partial charge in [-0.2, -0.15) is 0 Å². The van der Waals surface area contributed by atoms with E-state index in [1.165, 1.54) is 49.0 Å². The van der Waals surface area contributed by atoms with E-state index in [1.807, 2.05) is 18.2 Å². The van der Waals surface area contributed by atoms with Crippen LogP contribution in [0.25, 0.3) is 87.5 Å². The number of benzene rings is 7. The Kier molecular flexibility index (Phi) is 4.36. The lowest BCUT2D eigenvalue weighted by atomic mass is 9.83. The Morgan fingerprint density at radius 2 is 0.975 bits per heavy atom. The van der Waals surface area contributed by atoms with Crippen LogP contribution in [-0.4, -0.2) is 0 Å². The molecule has 2 nitrogen and oxygen atoms in total. The van der Waals surface area contributed by atoms with Crippen molar-refractivity contribution in [3.63, 3.8) is 0 Å². The van der Waals surface area contributed by atoms with Gasteiger partial charge in [-0.1, -0.05) is 109 Å². The van der Waals surface area contributed by atoms with Crippen LogP contribution in [0, 0.1) is 0 Å². The van der Waals surface area contributed by atoms with Gasteiger partial charge < -0.3 is 8.83 Å². The van der Waals surface area contributed by atoms with E-state index in [2.05, 4.69) is 109 Å². The molecule has 0 unspecified atom stereocenters. The molecule has 0 fully saturated rings. The summed E-state index contributed by atoms with van der Waals surface area (Å²) in [5, 5.41) is 10.6. The maximum Gasteiger partial charge on any atom is 0.147 e. The van der Waals surface area contributed by atoms with Crippen LogP contribution in [0.1, 0.15) is 0 Å². The maximum absolute atomic E-state index is 6.49. The summed E-state index contributed by atoms with van der Waals surface area (Å²) >= 11 is 0. The largest absolute Gasteiger partial charge is 0.464 e. The van der Waals surface area contributed by atoms with Crippen molar-refractivity contribution in [1.82, 2.24) is 0 Å². The highest BCUT2D eigenvalue weighted by Crippen LogP contribution is 2.49. The Labute approximate surface area is 229 Å². The number of hydrogen-bond acceptors (Lipinski definition) is 2. The molecular formula is C38H22O2. The smallest absolute Gasteiger partial charge is 0.147 e. The number of hydrogen-bond donors (Lipinski definition) is 0. The summed E-state index contributed by atoms with van der Waals surface area (Å²) in [5.74, 6) is 0. The second-order valence-electron chi connectivity index (χ2n) is 10.4. The van der Waals surface area contributed by atoms with E-state index in [4.69, 9.17) is 8.83 Å². The Bertz CT molecular complexity index is 2370. The molecule has 40 heavy (non-hydrogen) atoms. The molecule has 9 rings (SSSR count). The minimum absolute atomic E-state index is 0.827. The first-order valence-electron chi connectivity index (χ1n) is 13.6. The van der Waals surface area contributed by atoms with Crippen molar-refractivity contribution in [2.75, 3.05) is 0 Å². The quantitative estimate of drug-likeness (QED) is 0.216. The molecule has 186 valence electrons. The van der Waals surface area contributed by atoms with Gasteiger partial charge in [0.05, 0.1) is 11.6 Å². The van der Waals surface area contributed by atoms with Crippen LogP contribution >= 0.6 is 0 Å². The lowest BCUT2D eigenvalue weighted by molar-refractivity contribution is 0.615. The first-order chi connectivity index (χ1) is 19.9. The zero-order chi connectivity index (χ0) is 26.2. The van der Waals surface area contributed by atoms with Crippen molar-refractivity contribution < 1.29 is 8.83 Å². The molecular weight excluding hydrogens is 488 g/mol. The molecule has 0 radical (unpaired) electrons. The van der Waals surface area contributed by atoms with Gasteiger partial charge >= 0.3 is 0 Å². The highest BCUT2D eigenvalue weighted by atomic mass is 16.3. The molecule has 0 aliphatic carbocycles. The van der Waals surface area contributed by atoms with Gasteiger partial charge in [0.15, 0.2) is 0 Å². The molecule has 0 N–H and O–H groups in total. The van der Waals surface area contributed by atoms with Crippen LogP contribution in [0.15, 0.2) is 142 Å². The van der Waals surface area contributed by atoms with Crippen LogP contribution in [0.3, 0.4) is 0 Å². The number of para-hydroxylation sites is 1. The minimum Gasteiger partial charge on any atom is -0.464 e. The fourth-order valence-electron chi connectivity index (χ4n) is 6.68. The number of rotatable bonds is 2. The highest BCUT2D eigenvalue weighted by Gasteiger charge is 2.23. The van der Waals surface area contributed by atoms with E-state index >= 15 is 0 Å². The van der Waals surface area contributed by atoms with E-state index in [9.17, 15) is 0 Å². The van der Waals surface area contributed by atoms with Crippen LogP contribution in [0.5, 0.6) is 0 Å². The van der Waals surface area contributed by atoms with Crippen molar-refractivity contribution in [3.05, 3.63) is 134 Å². The molecule has 0 amide bonds. The first-order valence-corrected chi connectivity index (χ1v) is 13.6. The molecule has 9 aromatic rings. The molecule has 0 aliphatic rings. The van der Waals surface area contributed by atoms with Gasteiger partial charge in [-0.25, -0.2) is 0 Å². The first kappa shape index (κ1) is 21.6. The van der Waals surface area contributed by atoms with E-state index in [1.54, 1.807) is 6.26 Å². The van der Waals surface area contributed by atoms with Crippen LogP contribution in [0.2, 0.25) is 0 Å². The molecule has 0 spiro atoms. The summed E-state index contributed by atoms with van der Waals surface area (Å²) in [4.78, 5) is 0. The van der Waals surface area contributed by atoms with Crippen LogP contribution in [0.4, 0.5) is 0 Å². The second kappa shape index (κ2) is 8.08. The second-order valence-corrected chi connectivity index (χ2v) is 10.4. The van der Waals surface area contributed by atoms with Gasteiger partial charge in [0, 0.05) is 10.8 Å². The number of furan rings is 2. The third kappa shape index (κ3) is 2.88. The molecule has 0 atom stereocenters. The van der Waals surface area contributed by atoms with Crippen LogP contribution < -0.4 is 0 Å². The zero-order valence-electron chi connectivity index (χ0n) is 21.5. The highest BCUT2D eigenvalue weighted by molar-refractivity contribution is 6.29. The lowest BCUT2D eigenvalue weighted by Gasteiger charge is -2.19. The molecule has 0 saturated carbocycles. The zero-order valence-corrected chi connectivity index (χ0v) is 21.5. The van der Waals surface area contributed by atoms with Crippen molar-refractivity contribution in [2.24, 2.45) is 0 Å². The Hall–Kier alpha value is -5.34. The molecule has 0 saturated heterocycles. The third-order valence-corrected chi connectivity index (χ3v) is 8.34. The van der Waals surface area contributed by atoms with Gasteiger partial charge in [-0.05, 0) is 72.8 Å². The molecule has 7 aromatic carbocycles. The predicted octanol–water partition coefficient (Wildman–Crippen LogP) is 11.1. The molecule has 0 bridgehead atoms. The molecule has 0 aliphatic heterocycles. The molecule has 2 aromatic heterocycles. The Balaban J connectivity index is 1.52. The Morgan fingerprint density at radius 1 is 0.400 bits per heavy atom. The van der Waals surface area contributed by atoms with Crippen molar-refractivity contribution in [3.8, 4) is 22.3 Å². The van der Waals surface area contributed by atoms with Gasteiger partial charge in [-0.15, -0.1) is 0 Å². The SMILES string of the molecule is c1ccc2c(-c3c4ccccc4c(-c4cc5occc5c5oc6ccccc6c45)c4ccccc34)cccc2c1. The summed E-state index contributed by atoms with van der Waals surface area (Å²) in [6, 6.07) is 45.4. The molecule has 2 heterocycles. The average Bonchev–Trinajstić information content (AvgIpc) is 3.64. The summed E-state index contributed by atoms with van der Waals surface area (Å²) in [5.41, 5.74) is 7.41. The topological polar surface area (TPSA) is 26.3 Å². The van der Waals surface area contributed by atoms with E-state index in [0.717, 1.165) is 38.5 Å². The standard InChI is InChI=1S/C38H22O2/c1-2-12-24-23(10-1)11-9-18-25(24)35-26-13-3-5-15-28(26)36(29-16-6-4-14-27(29)35)32-22-34-31(20-21-39-34)38-37(32)30-17-7-8-19-33(30)40-38/h1-22H. The van der Waals surface area contributed by atoms with Crippen molar-refractivity contribution >= 4 is 65.2 Å². The Morgan fingerprint density at radius 3 is 1.70 bits per heavy atom. The lowest BCUT2D eigenvalue weighted by Crippen LogP contribution is -1.92. The average molecular weight is 511 g/mol. The third-order valence-electron chi connectivity index (χ3n) is 8.34. The van der Waals surface area contributed by atoms with Crippen LogP contribution in [-0.2, 0) is 0 Å². The fourth-order valence-corrected chi connectivity index (χ4v) is 6.68. The van der Waals surface area contributed by atoms with E-state index in [-0.39, 0.29) is 0 Å². The van der Waals surface area contributed by atoms with Gasteiger partial charge in [-0.3, -0.25) is 0 Å². The summed E-state index contributed by atoms with van der Waals surface area (Å²) < 4.78 is 12.5. The summed E-state index contributed by atoms with van der Waals surface area (Å²) in [6.45, 7) is 0. The number of fused-ring (bicyclic) bond motifs is 8. The normalized spacial score (nSPS) is 12.0. The van der Waals surface area contributed by atoms with E-state index in [0.29, 0.717) is 0 Å². The summed E-state index contributed by atoms with van der Waals surface area (Å²) in [6.07, 6.45) is 1.75.